The highest BCUT2D eigenvalue weighted by molar-refractivity contribution is 8.17. The molecule has 0 bridgehead atoms. The van der Waals surface area contributed by atoms with Gasteiger partial charge in [0.15, 0.2) is 0 Å². The van der Waals surface area contributed by atoms with Crippen molar-refractivity contribution in [2.24, 2.45) is 0 Å². The predicted molar refractivity (Wildman–Crippen MR) is 72.1 cm³/mol. The molecular formula is C12H15NOS2. The van der Waals surface area contributed by atoms with Crippen LogP contribution in [0, 0.1) is 0 Å². The third-order valence-corrected chi connectivity index (χ3v) is 5.38. The number of thioether (sulfide) groups is 2. The fraction of sp³-hybridized carbons (Fsp3) is 0.417. The van der Waals surface area contributed by atoms with Gasteiger partial charge in [0.05, 0.1) is 0 Å². The Labute approximate surface area is 105 Å². The molecule has 1 aliphatic rings. The Hall–Kier alpha value is -0.610. The molecule has 1 aromatic carbocycles. The second kappa shape index (κ2) is 5.64. The number of hydrogen-bond acceptors (Lipinski definition) is 3. The van der Waals surface area contributed by atoms with Crippen LogP contribution in [0.1, 0.15) is 17.3 Å². The molecule has 0 radical (unpaired) electrons. The van der Waals surface area contributed by atoms with Gasteiger partial charge < -0.3 is 5.32 Å². The molecule has 1 N–H and O–H groups in total. The van der Waals surface area contributed by atoms with Crippen LogP contribution >= 0.6 is 23.5 Å². The molecular weight excluding hydrogens is 238 g/mol. The summed E-state index contributed by atoms with van der Waals surface area (Å²) in [5, 5.41) is 3.08. The summed E-state index contributed by atoms with van der Waals surface area (Å²) in [6.07, 6.45) is 0. The first-order valence-electron chi connectivity index (χ1n) is 5.35. The number of rotatable bonds is 2. The van der Waals surface area contributed by atoms with E-state index in [-0.39, 0.29) is 5.91 Å². The van der Waals surface area contributed by atoms with E-state index in [9.17, 15) is 4.79 Å². The average molecular weight is 253 g/mol. The molecule has 1 aromatic rings. The molecule has 16 heavy (non-hydrogen) atoms. The molecule has 1 aliphatic heterocycles. The van der Waals surface area contributed by atoms with Crippen LogP contribution < -0.4 is 5.32 Å². The summed E-state index contributed by atoms with van der Waals surface area (Å²) < 4.78 is 0.657. The van der Waals surface area contributed by atoms with Crippen LogP contribution in [0.3, 0.4) is 0 Å². The van der Waals surface area contributed by atoms with E-state index >= 15 is 0 Å². The Morgan fingerprint density at radius 1 is 1.25 bits per heavy atom. The van der Waals surface area contributed by atoms with E-state index in [2.05, 4.69) is 12.2 Å². The summed E-state index contributed by atoms with van der Waals surface area (Å²) in [6, 6.07) is 9.70. The Morgan fingerprint density at radius 2 is 1.88 bits per heavy atom. The molecule has 0 spiro atoms. The fourth-order valence-electron chi connectivity index (χ4n) is 1.54. The van der Waals surface area contributed by atoms with Crippen LogP contribution in [0.15, 0.2) is 30.3 Å². The second-order valence-electron chi connectivity index (χ2n) is 3.77. The number of hydrogen-bond donors (Lipinski definition) is 1. The van der Waals surface area contributed by atoms with Gasteiger partial charge in [-0.1, -0.05) is 18.2 Å². The molecule has 1 fully saturated rings. The van der Waals surface area contributed by atoms with Crippen molar-refractivity contribution in [1.29, 1.82) is 0 Å². The van der Waals surface area contributed by atoms with Crippen molar-refractivity contribution in [1.82, 2.24) is 5.32 Å². The molecule has 1 amide bonds. The molecule has 86 valence electrons. The monoisotopic (exact) mass is 253 g/mol. The highest BCUT2D eigenvalue weighted by atomic mass is 32.2. The summed E-state index contributed by atoms with van der Waals surface area (Å²) in [4.78, 5) is 11.9. The van der Waals surface area contributed by atoms with E-state index < -0.39 is 0 Å². The lowest BCUT2D eigenvalue weighted by Crippen LogP contribution is -2.40. The third-order valence-electron chi connectivity index (χ3n) is 2.44. The second-order valence-corrected chi connectivity index (χ2v) is 6.82. The van der Waals surface area contributed by atoms with E-state index in [1.54, 1.807) is 0 Å². The van der Waals surface area contributed by atoms with Crippen LogP contribution in [0.25, 0.3) is 0 Å². The molecule has 2 nitrogen and oxygen atoms in total. The predicted octanol–water partition coefficient (Wildman–Crippen LogP) is 2.61. The SMILES string of the molecule is CC1SCC(NC(=O)c2ccccc2)CS1. The maximum atomic E-state index is 11.9. The zero-order valence-corrected chi connectivity index (χ0v) is 10.8. The minimum absolute atomic E-state index is 0.0429. The van der Waals surface area contributed by atoms with Gasteiger partial charge in [-0.15, -0.1) is 23.5 Å². The third kappa shape index (κ3) is 3.19. The molecule has 0 aromatic heterocycles. The van der Waals surface area contributed by atoms with Crippen LogP contribution in [0.4, 0.5) is 0 Å². The number of benzene rings is 1. The summed E-state index contributed by atoms with van der Waals surface area (Å²) in [5.41, 5.74) is 0.746. The van der Waals surface area contributed by atoms with Crippen LogP contribution in [-0.2, 0) is 0 Å². The number of carbonyl (C=O) groups is 1. The quantitative estimate of drug-likeness (QED) is 0.878. The van der Waals surface area contributed by atoms with E-state index in [4.69, 9.17) is 0 Å². The lowest BCUT2D eigenvalue weighted by atomic mass is 10.2. The molecule has 4 heteroatoms. The van der Waals surface area contributed by atoms with Crippen molar-refractivity contribution in [2.45, 2.75) is 17.5 Å². The Bertz CT molecular complexity index is 347. The first-order valence-corrected chi connectivity index (χ1v) is 7.44. The van der Waals surface area contributed by atoms with Gasteiger partial charge in [-0.25, -0.2) is 0 Å². The van der Waals surface area contributed by atoms with Gasteiger partial charge >= 0.3 is 0 Å². The van der Waals surface area contributed by atoms with E-state index in [1.165, 1.54) is 0 Å². The summed E-state index contributed by atoms with van der Waals surface area (Å²) >= 11 is 3.82. The van der Waals surface area contributed by atoms with Gasteiger partial charge in [-0.3, -0.25) is 4.79 Å². The van der Waals surface area contributed by atoms with Gasteiger partial charge in [-0.2, -0.15) is 0 Å². The molecule has 0 unspecified atom stereocenters. The standard InChI is InChI=1S/C12H15NOS2/c1-9-15-7-11(8-16-9)13-12(14)10-5-3-2-4-6-10/h2-6,9,11H,7-8H2,1H3,(H,13,14). The molecule has 1 heterocycles. The maximum absolute atomic E-state index is 11.9. The molecule has 0 saturated carbocycles. The van der Waals surface area contributed by atoms with Crippen LogP contribution in [-0.4, -0.2) is 28.0 Å². The highest BCUT2D eigenvalue weighted by Crippen LogP contribution is 2.29. The van der Waals surface area contributed by atoms with Crippen molar-refractivity contribution in [3.8, 4) is 0 Å². The van der Waals surface area contributed by atoms with Gasteiger partial charge in [0.1, 0.15) is 0 Å². The van der Waals surface area contributed by atoms with Crippen molar-refractivity contribution >= 4 is 29.4 Å². The van der Waals surface area contributed by atoms with Gasteiger partial charge in [-0.05, 0) is 19.1 Å². The van der Waals surface area contributed by atoms with E-state index in [0.717, 1.165) is 17.1 Å². The number of nitrogens with one attached hydrogen (secondary N) is 1. The highest BCUT2D eigenvalue weighted by Gasteiger charge is 2.20. The summed E-state index contributed by atoms with van der Waals surface area (Å²) in [7, 11) is 0. The summed E-state index contributed by atoms with van der Waals surface area (Å²) in [5.74, 6) is 2.08. The Balaban J connectivity index is 1.88. The van der Waals surface area contributed by atoms with Crippen molar-refractivity contribution in [2.75, 3.05) is 11.5 Å². The van der Waals surface area contributed by atoms with Crippen molar-refractivity contribution in [3.05, 3.63) is 35.9 Å². The van der Waals surface area contributed by atoms with E-state index in [0.29, 0.717) is 10.6 Å². The van der Waals surface area contributed by atoms with Crippen LogP contribution in [0.2, 0.25) is 0 Å². The topological polar surface area (TPSA) is 29.1 Å². The van der Waals surface area contributed by atoms with Gasteiger partial charge in [0.25, 0.3) is 5.91 Å². The Kier molecular flexibility index (Phi) is 4.18. The molecule has 2 rings (SSSR count). The largest absolute Gasteiger partial charge is 0.348 e. The van der Waals surface area contributed by atoms with Crippen molar-refractivity contribution in [3.63, 3.8) is 0 Å². The normalized spacial score (nSPS) is 25.1. The zero-order chi connectivity index (χ0) is 11.4. The van der Waals surface area contributed by atoms with E-state index in [1.807, 2.05) is 53.9 Å². The molecule has 1 saturated heterocycles. The smallest absolute Gasteiger partial charge is 0.251 e. The van der Waals surface area contributed by atoms with Crippen LogP contribution in [0.5, 0.6) is 0 Å². The first-order chi connectivity index (χ1) is 7.75. The molecule has 0 atom stereocenters. The molecule has 0 aliphatic carbocycles. The minimum Gasteiger partial charge on any atom is -0.348 e. The maximum Gasteiger partial charge on any atom is 0.251 e. The first kappa shape index (κ1) is 11.9. The van der Waals surface area contributed by atoms with Crippen molar-refractivity contribution < 1.29 is 4.79 Å². The Morgan fingerprint density at radius 3 is 2.50 bits per heavy atom. The number of amides is 1. The average Bonchev–Trinajstić information content (AvgIpc) is 2.33. The number of carbonyl (C=O) groups excluding carboxylic acids is 1. The fourth-order valence-corrected chi connectivity index (χ4v) is 3.96. The zero-order valence-electron chi connectivity index (χ0n) is 9.18. The van der Waals surface area contributed by atoms with Gasteiger partial charge in [0, 0.05) is 27.7 Å². The summed E-state index contributed by atoms with van der Waals surface area (Å²) in [6.45, 7) is 2.21. The minimum atomic E-state index is 0.0429. The lowest BCUT2D eigenvalue weighted by molar-refractivity contribution is 0.0944. The van der Waals surface area contributed by atoms with Gasteiger partial charge in [0.2, 0.25) is 0 Å². The lowest BCUT2D eigenvalue weighted by Gasteiger charge is -2.26.